The molecule has 0 amide bonds. The Morgan fingerprint density at radius 1 is 1.39 bits per heavy atom. The summed E-state index contributed by atoms with van der Waals surface area (Å²) >= 11 is 2.01. The first-order chi connectivity index (χ1) is 8.72. The smallest absolute Gasteiger partial charge is 0.144 e. The first kappa shape index (κ1) is 15.5. The van der Waals surface area contributed by atoms with Crippen LogP contribution < -0.4 is 5.32 Å². The first-order valence-electron chi connectivity index (χ1n) is 6.95. The molecule has 1 aromatic rings. The van der Waals surface area contributed by atoms with Crippen molar-refractivity contribution in [1.82, 2.24) is 20.1 Å². The van der Waals surface area contributed by atoms with Crippen LogP contribution in [0.15, 0.2) is 6.33 Å². The van der Waals surface area contributed by atoms with Crippen LogP contribution in [-0.2, 0) is 6.54 Å². The molecule has 0 aromatic carbocycles. The number of nitrogens with one attached hydrogen (secondary N) is 1. The van der Waals surface area contributed by atoms with E-state index in [-0.39, 0.29) is 0 Å². The maximum absolute atomic E-state index is 4.43. The van der Waals surface area contributed by atoms with E-state index in [2.05, 4.69) is 43.1 Å². The first-order valence-corrected chi connectivity index (χ1v) is 8.00. The van der Waals surface area contributed by atoms with Gasteiger partial charge in [-0.1, -0.05) is 27.7 Å². The molecule has 104 valence electrons. The molecule has 0 aliphatic carbocycles. The van der Waals surface area contributed by atoms with Crippen LogP contribution in [0.5, 0.6) is 0 Å². The molecule has 1 rings (SSSR count). The molecule has 1 heterocycles. The Morgan fingerprint density at radius 2 is 2.17 bits per heavy atom. The Balaban J connectivity index is 2.67. The van der Waals surface area contributed by atoms with Crippen molar-refractivity contribution in [1.29, 1.82) is 0 Å². The monoisotopic (exact) mass is 270 g/mol. The summed E-state index contributed by atoms with van der Waals surface area (Å²) in [5.74, 6) is 2.14. The van der Waals surface area contributed by atoms with E-state index in [1.165, 1.54) is 6.42 Å². The number of thioether (sulfide) groups is 1. The molecule has 0 aliphatic heterocycles. The summed E-state index contributed by atoms with van der Waals surface area (Å²) in [4.78, 5) is 4.43. The van der Waals surface area contributed by atoms with Gasteiger partial charge in [0.25, 0.3) is 0 Å². The van der Waals surface area contributed by atoms with E-state index < -0.39 is 0 Å². The highest BCUT2D eigenvalue weighted by atomic mass is 32.2. The molecule has 0 spiro atoms. The molecule has 0 saturated heterocycles. The van der Waals surface area contributed by atoms with Crippen molar-refractivity contribution >= 4 is 11.8 Å². The lowest BCUT2D eigenvalue weighted by atomic mass is 10.3. The van der Waals surface area contributed by atoms with Gasteiger partial charge in [0.2, 0.25) is 0 Å². The van der Waals surface area contributed by atoms with Gasteiger partial charge in [-0.05, 0) is 19.4 Å². The molecular formula is C13H26N4S. The summed E-state index contributed by atoms with van der Waals surface area (Å²) in [7, 11) is 0. The van der Waals surface area contributed by atoms with Crippen LogP contribution in [0.2, 0.25) is 0 Å². The Morgan fingerprint density at radius 3 is 2.78 bits per heavy atom. The molecule has 0 bridgehead atoms. The van der Waals surface area contributed by atoms with Gasteiger partial charge in [0.15, 0.2) is 0 Å². The van der Waals surface area contributed by atoms with E-state index in [0.717, 1.165) is 31.1 Å². The van der Waals surface area contributed by atoms with Crippen molar-refractivity contribution in [3.8, 4) is 0 Å². The summed E-state index contributed by atoms with van der Waals surface area (Å²) in [6.07, 6.45) is 3.97. The van der Waals surface area contributed by atoms with Crippen LogP contribution in [0.1, 0.15) is 52.4 Å². The quantitative estimate of drug-likeness (QED) is 0.749. The Labute approximate surface area is 115 Å². The third-order valence-electron chi connectivity index (χ3n) is 2.97. The second-order valence-corrected chi connectivity index (χ2v) is 5.98. The second kappa shape index (κ2) is 8.53. The normalized spacial score (nSPS) is 14.7. The molecule has 0 saturated carbocycles. The van der Waals surface area contributed by atoms with Gasteiger partial charge in [-0.25, -0.2) is 9.67 Å². The van der Waals surface area contributed by atoms with Gasteiger partial charge in [-0.2, -0.15) is 16.9 Å². The van der Waals surface area contributed by atoms with E-state index in [9.17, 15) is 0 Å². The van der Waals surface area contributed by atoms with Crippen molar-refractivity contribution in [3.05, 3.63) is 12.2 Å². The fraction of sp³-hybridized carbons (Fsp3) is 0.846. The second-order valence-electron chi connectivity index (χ2n) is 4.50. The van der Waals surface area contributed by atoms with E-state index >= 15 is 0 Å². The van der Waals surface area contributed by atoms with Crippen molar-refractivity contribution in [2.45, 2.75) is 58.4 Å². The molecule has 2 unspecified atom stereocenters. The van der Waals surface area contributed by atoms with Gasteiger partial charge < -0.3 is 5.32 Å². The number of aromatic nitrogens is 3. The minimum Gasteiger partial charge on any atom is -0.307 e. The number of rotatable bonds is 9. The maximum atomic E-state index is 4.43. The van der Waals surface area contributed by atoms with E-state index in [4.69, 9.17) is 0 Å². The molecule has 5 heteroatoms. The Bertz CT molecular complexity index is 327. The standard InChI is InChI=1S/C13H26N4S/c1-5-8-17-13(15-10-16-17)12(14-7-3)9-18-11(4)6-2/h10-12,14H,5-9H2,1-4H3. The van der Waals surface area contributed by atoms with Crippen LogP contribution in [0.25, 0.3) is 0 Å². The molecule has 0 fully saturated rings. The zero-order valence-electron chi connectivity index (χ0n) is 12.0. The molecule has 1 N–H and O–H groups in total. The zero-order chi connectivity index (χ0) is 13.4. The predicted molar refractivity (Wildman–Crippen MR) is 78.9 cm³/mol. The summed E-state index contributed by atoms with van der Waals surface area (Å²) in [6.45, 7) is 10.7. The Kier molecular flexibility index (Phi) is 7.35. The summed E-state index contributed by atoms with van der Waals surface area (Å²) in [6, 6.07) is 0.308. The largest absolute Gasteiger partial charge is 0.307 e. The van der Waals surface area contributed by atoms with Gasteiger partial charge in [0.1, 0.15) is 12.2 Å². The minimum absolute atomic E-state index is 0.308. The maximum Gasteiger partial charge on any atom is 0.144 e. The highest BCUT2D eigenvalue weighted by Gasteiger charge is 2.17. The van der Waals surface area contributed by atoms with Crippen LogP contribution in [0, 0.1) is 0 Å². The summed E-state index contributed by atoms with van der Waals surface area (Å²) < 4.78 is 2.03. The van der Waals surface area contributed by atoms with Crippen molar-refractivity contribution in [2.75, 3.05) is 12.3 Å². The topological polar surface area (TPSA) is 42.7 Å². The van der Waals surface area contributed by atoms with Crippen molar-refractivity contribution in [3.63, 3.8) is 0 Å². The van der Waals surface area contributed by atoms with Gasteiger partial charge in [-0.3, -0.25) is 0 Å². The van der Waals surface area contributed by atoms with Crippen LogP contribution in [0.4, 0.5) is 0 Å². The fourth-order valence-corrected chi connectivity index (χ4v) is 2.80. The van der Waals surface area contributed by atoms with Gasteiger partial charge in [-0.15, -0.1) is 0 Å². The van der Waals surface area contributed by atoms with Crippen LogP contribution in [0.3, 0.4) is 0 Å². The minimum atomic E-state index is 0.308. The lowest BCUT2D eigenvalue weighted by molar-refractivity contribution is 0.498. The summed E-state index contributed by atoms with van der Waals surface area (Å²) in [5.41, 5.74) is 0. The number of aryl methyl sites for hydroxylation is 1. The SMILES string of the molecule is CCCn1ncnc1C(CSC(C)CC)NCC. The molecule has 1 aromatic heterocycles. The number of nitrogens with zero attached hydrogens (tertiary/aromatic N) is 3. The molecule has 0 aliphatic rings. The predicted octanol–water partition coefficient (Wildman–Crippen LogP) is 2.87. The van der Waals surface area contributed by atoms with Crippen LogP contribution in [-0.4, -0.2) is 32.3 Å². The van der Waals surface area contributed by atoms with E-state index in [1.807, 2.05) is 16.4 Å². The highest BCUT2D eigenvalue weighted by molar-refractivity contribution is 7.99. The van der Waals surface area contributed by atoms with Crippen LogP contribution >= 0.6 is 11.8 Å². The average molecular weight is 270 g/mol. The van der Waals surface area contributed by atoms with E-state index in [0.29, 0.717) is 11.3 Å². The molecule has 18 heavy (non-hydrogen) atoms. The molecule has 2 atom stereocenters. The third-order valence-corrected chi connectivity index (χ3v) is 4.39. The average Bonchev–Trinajstić information content (AvgIpc) is 2.82. The lowest BCUT2D eigenvalue weighted by Crippen LogP contribution is -2.27. The lowest BCUT2D eigenvalue weighted by Gasteiger charge is -2.19. The summed E-state index contributed by atoms with van der Waals surface area (Å²) in [5, 5.41) is 8.53. The van der Waals surface area contributed by atoms with Crippen molar-refractivity contribution in [2.24, 2.45) is 0 Å². The molecular weight excluding hydrogens is 244 g/mol. The van der Waals surface area contributed by atoms with Gasteiger partial charge in [0, 0.05) is 17.5 Å². The third kappa shape index (κ3) is 4.61. The van der Waals surface area contributed by atoms with E-state index in [1.54, 1.807) is 6.33 Å². The van der Waals surface area contributed by atoms with Gasteiger partial charge in [0.05, 0.1) is 6.04 Å². The van der Waals surface area contributed by atoms with Gasteiger partial charge >= 0.3 is 0 Å². The van der Waals surface area contributed by atoms with Crippen molar-refractivity contribution < 1.29 is 0 Å². The molecule has 4 nitrogen and oxygen atoms in total. The zero-order valence-corrected chi connectivity index (χ0v) is 12.8. The molecule has 0 radical (unpaired) electrons. The highest BCUT2D eigenvalue weighted by Crippen LogP contribution is 2.21. The fourth-order valence-electron chi connectivity index (χ4n) is 1.78. The number of hydrogen-bond donors (Lipinski definition) is 1. The Hall–Kier alpha value is -0.550. The number of hydrogen-bond acceptors (Lipinski definition) is 4.